The van der Waals surface area contributed by atoms with Crippen molar-refractivity contribution in [3.8, 4) is 0 Å². The van der Waals surface area contributed by atoms with E-state index in [4.69, 9.17) is 0 Å². The fraction of sp³-hybridized carbons (Fsp3) is 0.500. The first-order chi connectivity index (χ1) is 10.1. The molecule has 0 aliphatic heterocycles. The van der Waals surface area contributed by atoms with Gasteiger partial charge in [0.25, 0.3) is 0 Å². The summed E-state index contributed by atoms with van der Waals surface area (Å²) in [6.07, 6.45) is 1.94. The average Bonchev–Trinajstić information content (AvgIpc) is 2.93. The Bertz CT molecular complexity index is 551. The van der Waals surface area contributed by atoms with Crippen molar-refractivity contribution in [1.82, 2.24) is 15.3 Å². The van der Waals surface area contributed by atoms with Gasteiger partial charge in [-0.1, -0.05) is 13.8 Å². The lowest BCUT2D eigenvalue weighted by molar-refractivity contribution is 0.550. The zero-order chi connectivity index (χ0) is 15.2. The second-order valence-electron chi connectivity index (χ2n) is 5.79. The summed E-state index contributed by atoms with van der Waals surface area (Å²) >= 11 is 1.72. The minimum atomic E-state index is 0.655. The summed E-state index contributed by atoms with van der Waals surface area (Å²) in [4.78, 5) is 11.2. The molecule has 114 valence electrons. The minimum Gasteiger partial charge on any atom is -0.340 e. The van der Waals surface area contributed by atoms with Crippen LogP contribution in [0.25, 0.3) is 0 Å². The van der Waals surface area contributed by atoms with E-state index < -0.39 is 0 Å². The molecule has 5 heteroatoms. The standard InChI is InChI=1S/C16H24N4S/c1-12(2)7-17-8-15-9-18-16(19-13(15)3)20(4)10-14-5-6-21-11-14/h5-6,9,11-12,17H,7-8,10H2,1-4H3. The molecule has 0 aromatic carbocycles. The van der Waals surface area contributed by atoms with E-state index in [0.717, 1.165) is 31.3 Å². The van der Waals surface area contributed by atoms with Gasteiger partial charge in [-0.15, -0.1) is 0 Å². The first-order valence-corrected chi connectivity index (χ1v) is 8.26. The molecule has 2 aromatic rings. The second-order valence-corrected chi connectivity index (χ2v) is 6.57. The predicted molar refractivity (Wildman–Crippen MR) is 89.7 cm³/mol. The van der Waals surface area contributed by atoms with E-state index in [0.29, 0.717) is 5.92 Å². The number of thiophene rings is 1. The van der Waals surface area contributed by atoms with Gasteiger partial charge < -0.3 is 10.2 Å². The number of aromatic nitrogens is 2. The first kappa shape index (κ1) is 15.9. The third-order valence-electron chi connectivity index (χ3n) is 3.28. The Morgan fingerprint density at radius 3 is 2.81 bits per heavy atom. The van der Waals surface area contributed by atoms with Gasteiger partial charge in [0.15, 0.2) is 0 Å². The molecule has 0 spiro atoms. The summed E-state index contributed by atoms with van der Waals surface area (Å²) < 4.78 is 0. The van der Waals surface area contributed by atoms with Crippen LogP contribution in [0.15, 0.2) is 23.0 Å². The van der Waals surface area contributed by atoms with Crippen LogP contribution in [-0.4, -0.2) is 23.6 Å². The average molecular weight is 304 g/mol. The number of rotatable bonds is 7. The molecule has 0 aliphatic carbocycles. The van der Waals surface area contributed by atoms with Gasteiger partial charge in [-0.05, 0) is 41.8 Å². The summed E-state index contributed by atoms with van der Waals surface area (Å²) in [7, 11) is 2.03. The van der Waals surface area contributed by atoms with Gasteiger partial charge in [-0.3, -0.25) is 0 Å². The highest BCUT2D eigenvalue weighted by atomic mass is 32.1. The summed E-state index contributed by atoms with van der Waals surface area (Å²) in [6, 6.07) is 2.14. The fourth-order valence-electron chi connectivity index (χ4n) is 2.06. The molecule has 2 rings (SSSR count). The number of nitrogens with one attached hydrogen (secondary N) is 1. The van der Waals surface area contributed by atoms with E-state index in [-0.39, 0.29) is 0 Å². The summed E-state index contributed by atoms with van der Waals surface area (Å²) in [6.45, 7) is 9.15. The highest BCUT2D eigenvalue weighted by Gasteiger charge is 2.08. The molecule has 0 aliphatic rings. The van der Waals surface area contributed by atoms with E-state index in [1.165, 1.54) is 11.1 Å². The Hall–Kier alpha value is -1.46. The summed E-state index contributed by atoms with van der Waals surface area (Å²) in [5.41, 5.74) is 3.52. The number of hydrogen-bond donors (Lipinski definition) is 1. The zero-order valence-electron chi connectivity index (χ0n) is 13.3. The van der Waals surface area contributed by atoms with Crippen molar-refractivity contribution >= 4 is 17.3 Å². The molecule has 0 saturated carbocycles. The molecule has 4 nitrogen and oxygen atoms in total. The lowest BCUT2D eigenvalue weighted by Gasteiger charge is -2.17. The number of nitrogens with zero attached hydrogens (tertiary/aromatic N) is 3. The Kier molecular flexibility index (Phi) is 5.70. The van der Waals surface area contributed by atoms with Crippen LogP contribution in [0.5, 0.6) is 0 Å². The van der Waals surface area contributed by atoms with Crippen molar-refractivity contribution in [2.24, 2.45) is 5.92 Å². The zero-order valence-corrected chi connectivity index (χ0v) is 14.1. The molecule has 1 N–H and O–H groups in total. The van der Waals surface area contributed by atoms with Crippen LogP contribution in [0.4, 0.5) is 5.95 Å². The van der Waals surface area contributed by atoms with Crippen molar-refractivity contribution < 1.29 is 0 Å². The molecule has 0 unspecified atom stereocenters. The van der Waals surface area contributed by atoms with Crippen molar-refractivity contribution in [3.63, 3.8) is 0 Å². The van der Waals surface area contributed by atoms with Crippen LogP contribution in [0, 0.1) is 12.8 Å². The van der Waals surface area contributed by atoms with Gasteiger partial charge in [-0.25, -0.2) is 9.97 Å². The maximum atomic E-state index is 4.63. The smallest absolute Gasteiger partial charge is 0.225 e. The molecule has 0 amide bonds. The monoisotopic (exact) mass is 304 g/mol. The van der Waals surface area contributed by atoms with Gasteiger partial charge >= 0.3 is 0 Å². The highest BCUT2D eigenvalue weighted by Crippen LogP contribution is 2.14. The van der Waals surface area contributed by atoms with Crippen LogP contribution in [0.1, 0.15) is 30.7 Å². The number of hydrogen-bond acceptors (Lipinski definition) is 5. The molecule has 0 atom stereocenters. The van der Waals surface area contributed by atoms with Gasteiger partial charge in [-0.2, -0.15) is 11.3 Å². The van der Waals surface area contributed by atoms with Crippen molar-refractivity contribution in [2.45, 2.75) is 33.9 Å². The lowest BCUT2D eigenvalue weighted by atomic mass is 10.2. The minimum absolute atomic E-state index is 0.655. The Labute approximate surface area is 131 Å². The fourth-order valence-corrected chi connectivity index (χ4v) is 2.72. The summed E-state index contributed by atoms with van der Waals surface area (Å²) in [5, 5.41) is 7.69. The van der Waals surface area contributed by atoms with E-state index in [1.807, 2.05) is 13.2 Å². The molecular formula is C16H24N4S. The third kappa shape index (κ3) is 4.79. The largest absolute Gasteiger partial charge is 0.340 e. The molecule has 0 saturated heterocycles. The van der Waals surface area contributed by atoms with Gasteiger partial charge in [0.1, 0.15) is 0 Å². The van der Waals surface area contributed by atoms with E-state index in [2.05, 4.69) is 57.8 Å². The van der Waals surface area contributed by atoms with Crippen molar-refractivity contribution in [3.05, 3.63) is 39.8 Å². The van der Waals surface area contributed by atoms with Gasteiger partial charge in [0, 0.05) is 37.6 Å². The molecule has 2 heterocycles. The van der Waals surface area contributed by atoms with Gasteiger partial charge in [0.05, 0.1) is 0 Å². The topological polar surface area (TPSA) is 41.1 Å². The molecule has 21 heavy (non-hydrogen) atoms. The molecule has 0 radical (unpaired) electrons. The normalized spacial score (nSPS) is 11.1. The maximum Gasteiger partial charge on any atom is 0.225 e. The highest BCUT2D eigenvalue weighted by molar-refractivity contribution is 7.07. The Morgan fingerprint density at radius 2 is 2.19 bits per heavy atom. The second kappa shape index (κ2) is 7.52. The van der Waals surface area contributed by atoms with Crippen LogP contribution < -0.4 is 10.2 Å². The number of aryl methyl sites for hydroxylation is 1. The first-order valence-electron chi connectivity index (χ1n) is 7.31. The maximum absolute atomic E-state index is 4.63. The Balaban J connectivity index is 1.97. The van der Waals surface area contributed by atoms with E-state index >= 15 is 0 Å². The summed E-state index contributed by atoms with van der Waals surface area (Å²) in [5.74, 6) is 1.44. The van der Waals surface area contributed by atoms with Crippen LogP contribution in [0.3, 0.4) is 0 Å². The molecule has 2 aromatic heterocycles. The van der Waals surface area contributed by atoms with E-state index in [9.17, 15) is 0 Å². The van der Waals surface area contributed by atoms with Crippen LogP contribution in [-0.2, 0) is 13.1 Å². The Morgan fingerprint density at radius 1 is 1.38 bits per heavy atom. The predicted octanol–water partition coefficient (Wildman–Crippen LogP) is 3.23. The van der Waals surface area contributed by atoms with Crippen molar-refractivity contribution in [1.29, 1.82) is 0 Å². The molecule has 0 fully saturated rings. The van der Waals surface area contributed by atoms with Crippen LogP contribution >= 0.6 is 11.3 Å². The lowest BCUT2D eigenvalue weighted by Crippen LogP contribution is -2.22. The SMILES string of the molecule is Cc1nc(N(C)Cc2ccsc2)ncc1CNCC(C)C. The van der Waals surface area contributed by atoms with E-state index in [1.54, 1.807) is 11.3 Å². The molecule has 0 bridgehead atoms. The van der Waals surface area contributed by atoms with Gasteiger partial charge in [0.2, 0.25) is 5.95 Å². The third-order valence-corrected chi connectivity index (χ3v) is 4.01. The quantitative estimate of drug-likeness (QED) is 0.852. The number of anilines is 1. The van der Waals surface area contributed by atoms with Crippen LogP contribution in [0.2, 0.25) is 0 Å². The van der Waals surface area contributed by atoms with Crippen molar-refractivity contribution in [2.75, 3.05) is 18.5 Å². The molecular weight excluding hydrogens is 280 g/mol.